The van der Waals surface area contributed by atoms with Crippen LogP contribution >= 0.6 is 0 Å². The third-order valence-corrected chi connectivity index (χ3v) is 3.62. The van der Waals surface area contributed by atoms with Crippen LogP contribution in [0.5, 0.6) is 0 Å². The summed E-state index contributed by atoms with van der Waals surface area (Å²) in [6.07, 6.45) is 8.21. The molecule has 0 bridgehead atoms. The number of carbonyl (C=O) groups excluding carboxylic acids is 1. The maximum Gasteiger partial charge on any atom is 0.220 e. The number of hydrogen-bond donors (Lipinski definition) is 3. The molecule has 1 saturated carbocycles. The largest absolute Gasteiger partial charge is 0.356 e. The molecule has 4 N–H and O–H groups in total. The van der Waals surface area contributed by atoms with E-state index in [0.717, 1.165) is 25.1 Å². The lowest BCUT2D eigenvalue weighted by Gasteiger charge is -2.40. The highest BCUT2D eigenvalue weighted by atomic mass is 16.1. The zero-order valence-electron chi connectivity index (χ0n) is 10.0. The van der Waals surface area contributed by atoms with Crippen molar-refractivity contribution in [2.45, 2.75) is 32.1 Å². The number of aromatic nitrogens is 2. The molecule has 0 aromatic carbocycles. The summed E-state index contributed by atoms with van der Waals surface area (Å²) < 4.78 is 0. The lowest BCUT2D eigenvalue weighted by molar-refractivity contribution is -0.124. The highest BCUT2D eigenvalue weighted by Gasteiger charge is 2.37. The molecule has 1 heterocycles. The predicted octanol–water partition coefficient (Wildman–Crippen LogP) is 0.587. The van der Waals surface area contributed by atoms with E-state index in [1.54, 1.807) is 12.4 Å². The Bertz CT molecular complexity index is 351. The van der Waals surface area contributed by atoms with Crippen LogP contribution in [-0.4, -0.2) is 29.0 Å². The van der Waals surface area contributed by atoms with Crippen LogP contribution in [0.25, 0.3) is 0 Å². The number of imidazole rings is 1. The van der Waals surface area contributed by atoms with Gasteiger partial charge in [-0.25, -0.2) is 4.98 Å². The summed E-state index contributed by atoms with van der Waals surface area (Å²) in [6.45, 7) is 1.26. The molecule has 5 heteroatoms. The topological polar surface area (TPSA) is 83.8 Å². The van der Waals surface area contributed by atoms with Gasteiger partial charge >= 0.3 is 0 Å². The van der Waals surface area contributed by atoms with E-state index in [1.165, 1.54) is 6.42 Å². The first-order valence-electron chi connectivity index (χ1n) is 6.19. The summed E-state index contributed by atoms with van der Waals surface area (Å²) in [5.74, 6) is 1.02. The Morgan fingerprint density at radius 2 is 2.41 bits per heavy atom. The highest BCUT2D eigenvalue weighted by Crippen LogP contribution is 2.42. The number of nitrogens with two attached hydrogens (primary N) is 1. The van der Waals surface area contributed by atoms with E-state index in [-0.39, 0.29) is 11.3 Å². The molecule has 1 aliphatic carbocycles. The van der Waals surface area contributed by atoms with Crippen molar-refractivity contribution in [2.24, 2.45) is 11.1 Å². The molecule has 0 unspecified atom stereocenters. The van der Waals surface area contributed by atoms with Gasteiger partial charge in [0, 0.05) is 31.8 Å². The average molecular weight is 236 g/mol. The van der Waals surface area contributed by atoms with Crippen LogP contribution < -0.4 is 11.1 Å². The molecule has 5 nitrogen and oxygen atoms in total. The van der Waals surface area contributed by atoms with Crippen LogP contribution in [0.4, 0.5) is 0 Å². The van der Waals surface area contributed by atoms with Gasteiger partial charge in [-0.2, -0.15) is 0 Å². The highest BCUT2D eigenvalue weighted by molar-refractivity contribution is 5.76. The summed E-state index contributed by atoms with van der Waals surface area (Å²) >= 11 is 0. The predicted molar refractivity (Wildman–Crippen MR) is 65.3 cm³/mol. The monoisotopic (exact) mass is 236 g/mol. The molecule has 0 spiro atoms. The van der Waals surface area contributed by atoms with Crippen molar-refractivity contribution >= 4 is 5.91 Å². The van der Waals surface area contributed by atoms with Crippen molar-refractivity contribution in [3.8, 4) is 0 Å². The second kappa shape index (κ2) is 5.31. The molecule has 0 aliphatic heterocycles. The van der Waals surface area contributed by atoms with Gasteiger partial charge in [-0.3, -0.25) is 4.79 Å². The number of hydrogen-bond acceptors (Lipinski definition) is 3. The van der Waals surface area contributed by atoms with E-state index >= 15 is 0 Å². The van der Waals surface area contributed by atoms with E-state index in [2.05, 4.69) is 15.3 Å². The lowest BCUT2D eigenvalue weighted by Crippen LogP contribution is -2.42. The van der Waals surface area contributed by atoms with Crippen LogP contribution in [0.3, 0.4) is 0 Å². The van der Waals surface area contributed by atoms with Gasteiger partial charge < -0.3 is 16.0 Å². The van der Waals surface area contributed by atoms with E-state index in [9.17, 15) is 4.79 Å². The minimum atomic E-state index is 0.0920. The summed E-state index contributed by atoms with van der Waals surface area (Å²) in [5.41, 5.74) is 5.82. The fourth-order valence-corrected chi connectivity index (χ4v) is 2.29. The first-order chi connectivity index (χ1) is 8.24. The number of aromatic amines is 1. The normalized spacial score (nSPS) is 17.5. The van der Waals surface area contributed by atoms with Crippen molar-refractivity contribution in [1.29, 1.82) is 0 Å². The van der Waals surface area contributed by atoms with Crippen molar-refractivity contribution in [2.75, 3.05) is 13.1 Å². The minimum Gasteiger partial charge on any atom is -0.356 e. The molecular formula is C12H20N4O. The summed E-state index contributed by atoms with van der Waals surface area (Å²) in [7, 11) is 0. The van der Waals surface area contributed by atoms with Crippen molar-refractivity contribution in [3.63, 3.8) is 0 Å². The van der Waals surface area contributed by atoms with Crippen LogP contribution in [0.15, 0.2) is 12.4 Å². The summed E-state index contributed by atoms with van der Waals surface area (Å²) in [6, 6.07) is 0. The quantitative estimate of drug-likeness (QED) is 0.676. The number of carbonyl (C=O) groups is 1. The fraction of sp³-hybridized carbons (Fsp3) is 0.667. The van der Waals surface area contributed by atoms with Crippen LogP contribution in [0, 0.1) is 5.41 Å². The zero-order chi connectivity index (χ0) is 12.1. The van der Waals surface area contributed by atoms with Crippen LogP contribution in [0.1, 0.15) is 31.5 Å². The molecule has 1 aromatic rings. The zero-order valence-corrected chi connectivity index (χ0v) is 10.0. The summed E-state index contributed by atoms with van der Waals surface area (Å²) in [4.78, 5) is 18.9. The Morgan fingerprint density at radius 3 is 2.94 bits per heavy atom. The number of H-pyrrole nitrogens is 1. The van der Waals surface area contributed by atoms with E-state index in [4.69, 9.17) is 5.73 Å². The Kier molecular flexibility index (Phi) is 3.78. The Balaban J connectivity index is 1.67. The molecule has 0 radical (unpaired) electrons. The molecule has 2 rings (SSSR count). The van der Waals surface area contributed by atoms with Gasteiger partial charge in [0.2, 0.25) is 5.91 Å². The summed E-state index contributed by atoms with van der Waals surface area (Å²) in [5, 5.41) is 2.92. The van der Waals surface area contributed by atoms with E-state index in [0.29, 0.717) is 19.5 Å². The molecule has 94 valence electrons. The van der Waals surface area contributed by atoms with Crippen LogP contribution in [0.2, 0.25) is 0 Å². The number of rotatable bonds is 6. The molecule has 0 saturated heterocycles. The standard InChI is InChI=1S/C12H20N4O/c13-9-12(3-1-4-12)8-11(17)16-5-2-10-14-6-7-15-10/h6-7H,1-5,8-9,13H2,(H,14,15)(H,16,17). The SMILES string of the molecule is NCC1(CC(=O)NCCc2ncc[nH]2)CCC1. The number of amides is 1. The third kappa shape index (κ3) is 3.06. The first kappa shape index (κ1) is 12.1. The molecule has 0 atom stereocenters. The van der Waals surface area contributed by atoms with Gasteiger partial charge in [0.25, 0.3) is 0 Å². The Hall–Kier alpha value is -1.36. The van der Waals surface area contributed by atoms with Crippen molar-refractivity contribution < 1.29 is 4.79 Å². The number of nitrogens with zero attached hydrogens (tertiary/aromatic N) is 1. The second-order valence-electron chi connectivity index (χ2n) is 4.87. The van der Waals surface area contributed by atoms with E-state index < -0.39 is 0 Å². The van der Waals surface area contributed by atoms with Gasteiger partial charge in [0.15, 0.2) is 0 Å². The molecule has 1 fully saturated rings. The lowest BCUT2D eigenvalue weighted by atomic mass is 9.66. The van der Waals surface area contributed by atoms with Gasteiger partial charge in [0.05, 0.1) is 0 Å². The maximum absolute atomic E-state index is 11.7. The first-order valence-corrected chi connectivity index (χ1v) is 6.19. The minimum absolute atomic E-state index is 0.0920. The Morgan fingerprint density at radius 1 is 1.59 bits per heavy atom. The number of nitrogens with one attached hydrogen (secondary N) is 2. The molecule has 17 heavy (non-hydrogen) atoms. The average Bonchev–Trinajstić information content (AvgIpc) is 2.76. The van der Waals surface area contributed by atoms with Gasteiger partial charge in [-0.05, 0) is 24.8 Å². The Labute approximate surface area is 101 Å². The van der Waals surface area contributed by atoms with E-state index in [1.807, 2.05) is 0 Å². The van der Waals surface area contributed by atoms with Gasteiger partial charge in [0.1, 0.15) is 5.82 Å². The molecule has 1 aromatic heterocycles. The van der Waals surface area contributed by atoms with Crippen LogP contribution in [-0.2, 0) is 11.2 Å². The van der Waals surface area contributed by atoms with Gasteiger partial charge in [-0.1, -0.05) is 6.42 Å². The maximum atomic E-state index is 11.7. The smallest absolute Gasteiger partial charge is 0.220 e. The third-order valence-electron chi connectivity index (χ3n) is 3.62. The van der Waals surface area contributed by atoms with Crippen molar-refractivity contribution in [3.05, 3.63) is 18.2 Å². The molecule has 1 aliphatic rings. The second-order valence-corrected chi connectivity index (χ2v) is 4.87. The van der Waals surface area contributed by atoms with Crippen molar-refractivity contribution in [1.82, 2.24) is 15.3 Å². The fourth-order valence-electron chi connectivity index (χ4n) is 2.29. The molecule has 1 amide bonds. The molecular weight excluding hydrogens is 216 g/mol. The van der Waals surface area contributed by atoms with Gasteiger partial charge in [-0.15, -0.1) is 0 Å².